The molecule has 1 aromatic rings. The fourth-order valence-corrected chi connectivity index (χ4v) is 3.24. The van der Waals surface area contributed by atoms with Crippen molar-refractivity contribution in [1.82, 2.24) is 14.7 Å². The molecular formula is C13H18F2N4O3. The second-order valence-electron chi connectivity index (χ2n) is 5.79. The van der Waals surface area contributed by atoms with Gasteiger partial charge in [-0.05, 0) is 12.8 Å². The Balaban J connectivity index is 1.77. The third-order valence-electron chi connectivity index (χ3n) is 4.47. The van der Waals surface area contributed by atoms with Gasteiger partial charge >= 0.3 is 5.69 Å². The van der Waals surface area contributed by atoms with Crippen molar-refractivity contribution in [2.24, 2.45) is 0 Å². The summed E-state index contributed by atoms with van der Waals surface area (Å²) in [6.45, 7) is 2.71. The molecule has 1 saturated heterocycles. The molecule has 2 atom stereocenters. The van der Waals surface area contributed by atoms with E-state index in [4.69, 9.17) is 4.74 Å². The summed E-state index contributed by atoms with van der Waals surface area (Å²) in [5.74, 6) is -2.90. The zero-order valence-corrected chi connectivity index (χ0v) is 12.0. The maximum atomic E-state index is 14.2. The van der Waals surface area contributed by atoms with Crippen LogP contribution in [-0.4, -0.2) is 57.9 Å². The molecule has 2 unspecified atom stereocenters. The predicted molar refractivity (Wildman–Crippen MR) is 72.9 cm³/mol. The van der Waals surface area contributed by atoms with E-state index in [1.54, 1.807) is 0 Å². The van der Waals surface area contributed by atoms with E-state index in [1.165, 1.54) is 0 Å². The first-order chi connectivity index (χ1) is 10.5. The van der Waals surface area contributed by atoms with Crippen LogP contribution >= 0.6 is 0 Å². The van der Waals surface area contributed by atoms with Crippen LogP contribution in [0.2, 0.25) is 0 Å². The Labute approximate surface area is 126 Å². The zero-order valence-electron chi connectivity index (χ0n) is 12.0. The SMILES string of the molecule is O=[N+]([O-])c1cnn(C2CC(N3CCOCC3)CCC2(F)F)c1. The van der Waals surface area contributed by atoms with Crippen molar-refractivity contribution < 1.29 is 18.4 Å². The van der Waals surface area contributed by atoms with E-state index in [0.29, 0.717) is 19.6 Å². The summed E-state index contributed by atoms with van der Waals surface area (Å²) in [4.78, 5) is 12.3. The minimum Gasteiger partial charge on any atom is -0.379 e. The van der Waals surface area contributed by atoms with Gasteiger partial charge in [-0.25, -0.2) is 8.78 Å². The highest BCUT2D eigenvalue weighted by Crippen LogP contribution is 2.43. The van der Waals surface area contributed by atoms with Gasteiger partial charge in [0.1, 0.15) is 18.4 Å². The molecule has 0 radical (unpaired) electrons. The maximum absolute atomic E-state index is 14.2. The molecule has 1 aromatic heterocycles. The minimum atomic E-state index is -2.90. The van der Waals surface area contributed by atoms with Gasteiger partial charge in [0.2, 0.25) is 0 Å². The van der Waals surface area contributed by atoms with Gasteiger partial charge in [-0.15, -0.1) is 0 Å². The number of hydrogen-bond acceptors (Lipinski definition) is 5. The minimum absolute atomic E-state index is 0.0387. The van der Waals surface area contributed by atoms with Gasteiger partial charge in [0.25, 0.3) is 5.92 Å². The maximum Gasteiger partial charge on any atom is 0.307 e. The summed E-state index contributed by atoms with van der Waals surface area (Å²) in [6.07, 6.45) is 2.56. The molecule has 122 valence electrons. The van der Waals surface area contributed by atoms with E-state index >= 15 is 0 Å². The molecule has 22 heavy (non-hydrogen) atoms. The molecule has 2 fully saturated rings. The summed E-state index contributed by atoms with van der Waals surface area (Å²) < 4.78 is 34.8. The number of nitrogens with zero attached hydrogens (tertiary/aromatic N) is 4. The number of hydrogen-bond donors (Lipinski definition) is 0. The van der Waals surface area contributed by atoms with Crippen molar-refractivity contribution in [1.29, 1.82) is 0 Å². The van der Waals surface area contributed by atoms with Gasteiger partial charge in [-0.3, -0.25) is 19.7 Å². The van der Waals surface area contributed by atoms with Gasteiger partial charge in [-0.2, -0.15) is 5.10 Å². The van der Waals surface area contributed by atoms with Crippen molar-refractivity contribution in [3.8, 4) is 0 Å². The highest BCUT2D eigenvalue weighted by atomic mass is 19.3. The fourth-order valence-electron chi connectivity index (χ4n) is 3.24. The molecule has 1 aliphatic heterocycles. The Kier molecular flexibility index (Phi) is 4.09. The molecule has 2 heterocycles. The van der Waals surface area contributed by atoms with Crippen LogP contribution in [0.3, 0.4) is 0 Å². The van der Waals surface area contributed by atoms with Crippen LogP contribution in [0.5, 0.6) is 0 Å². The van der Waals surface area contributed by atoms with Crippen molar-refractivity contribution in [2.75, 3.05) is 26.3 Å². The van der Waals surface area contributed by atoms with Crippen molar-refractivity contribution >= 4 is 5.69 Å². The number of morpholine rings is 1. The predicted octanol–water partition coefficient (Wildman–Crippen LogP) is 1.85. The lowest BCUT2D eigenvalue weighted by Crippen LogP contribution is -2.49. The summed E-state index contributed by atoms with van der Waals surface area (Å²) in [7, 11) is 0. The van der Waals surface area contributed by atoms with Crippen LogP contribution in [0.4, 0.5) is 14.5 Å². The third kappa shape index (κ3) is 2.95. The molecule has 0 spiro atoms. The van der Waals surface area contributed by atoms with Crippen LogP contribution in [0.1, 0.15) is 25.3 Å². The highest BCUT2D eigenvalue weighted by molar-refractivity contribution is 5.21. The summed E-state index contributed by atoms with van der Waals surface area (Å²) in [5.41, 5.74) is -0.260. The largest absolute Gasteiger partial charge is 0.379 e. The second-order valence-corrected chi connectivity index (χ2v) is 5.79. The van der Waals surface area contributed by atoms with E-state index in [-0.39, 0.29) is 24.6 Å². The van der Waals surface area contributed by atoms with Gasteiger partial charge in [-0.1, -0.05) is 0 Å². The van der Waals surface area contributed by atoms with Crippen LogP contribution in [-0.2, 0) is 4.74 Å². The lowest BCUT2D eigenvalue weighted by atomic mass is 9.86. The lowest BCUT2D eigenvalue weighted by molar-refractivity contribution is -0.385. The summed E-state index contributed by atoms with van der Waals surface area (Å²) >= 11 is 0. The van der Waals surface area contributed by atoms with Crippen molar-refractivity contribution in [3.63, 3.8) is 0 Å². The Morgan fingerprint density at radius 1 is 1.41 bits per heavy atom. The first-order valence-corrected chi connectivity index (χ1v) is 7.35. The van der Waals surface area contributed by atoms with Gasteiger partial charge < -0.3 is 4.74 Å². The number of nitro groups is 1. The van der Waals surface area contributed by atoms with Crippen LogP contribution < -0.4 is 0 Å². The van der Waals surface area contributed by atoms with Gasteiger partial charge in [0.05, 0.1) is 18.1 Å². The lowest BCUT2D eigenvalue weighted by Gasteiger charge is -2.42. The van der Waals surface area contributed by atoms with Crippen LogP contribution in [0, 0.1) is 10.1 Å². The average Bonchev–Trinajstić information content (AvgIpc) is 2.97. The molecule has 1 aliphatic carbocycles. The first kappa shape index (κ1) is 15.3. The Morgan fingerprint density at radius 3 is 2.77 bits per heavy atom. The van der Waals surface area contributed by atoms with Crippen LogP contribution in [0.25, 0.3) is 0 Å². The topological polar surface area (TPSA) is 73.4 Å². The number of ether oxygens (including phenoxy) is 1. The van der Waals surface area contributed by atoms with E-state index in [0.717, 1.165) is 30.2 Å². The number of rotatable bonds is 3. The Morgan fingerprint density at radius 2 is 2.14 bits per heavy atom. The monoisotopic (exact) mass is 316 g/mol. The Hall–Kier alpha value is -1.61. The van der Waals surface area contributed by atoms with E-state index in [9.17, 15) is 18.9 Å². The third-order valence-corrected chi connectivity index (χ3v) is 4.47. The summed E-state index contributed by atoms with van der Waals surface area (Å²) in [5, 5.41) is 14.5. The average molecular weight is 316 g/mol. The first-order valence-electron chi connectivity index (χ1n) is 7.35. The molecule has 3 rings (SSSR count). The molecule has 7 nitrogen and oxygen atoms in total. The fraction of sp³-hybridized carbons (Fsp3) is 0.769. The zero-order chi connectivity index (χ0) is 15.7. The quantitative estimate of drug-likeness (QED) is 0.628. The molecule has 0 N–H and O–H groups in total. The summed E-state index contributed by atoms with van der Waals surface area (Å²) in [6, 6.07) is -1.10. The van der Waals surface area contributed by atoms with Gasteiger partial charge in [0.15, 0.2) is 0 Å². The molecule has 0 amide bonds. The molecule has 0 aromatic carbocycles. The van der Waals surface area contributed by atoms with Crippen molar-refractivity contribution in [3.05, 3.63) is 22.5 Å². The molecule has 1 saturated carbocycles. The number of alkyl halides is 2. The van der Waals surface area contributed by atoms with Crippen LogP contribution in [0.15, 0.2) is 12.4 Å². The molecule has 0 bridgehead atoms. The number of halogens is 2. The van der Waals surface area contributed by atoms with Crippen molar-refractivity contribution in [2.45, 2.75) is 37.3 Å². The van der Waals surface area contributed by atoms with E-state index in [1.807, 2.05) is 0 Å². The smallest absolute Gasteiger partial charge is 0.307 e. The second kappa shape index (κ2) is 5.88. The van der Waals surface area contributed by atoms with E-state index in [2.05, 4.69) is 10.00 Å². The highest BCUT2D eigenvalue weighted by Gasteiger charge is 2.47. The molecular weight excluding hydrogens is 298 g/mol. The normalized spacial score (nSPS) is 29.4. The van der Waals surface area contributed by atoms with Gasteiger partial charge in [0, 0.05) is 25.6 Å². The molecule has 2 aliphatic rings. The Bertz CT molecular complexity index is 545. The number of aromatic nitrogens is 2. The molecule has 9 heteroatoms. The van der Waals surface area contributed by atoms with E-state index < -0.39 is 16.9 Å². The standard InChI is InChI=1S/C13H18F2N4O3/c14-13(15)2-1-10(17-3-5-22-6-4-17)7-12(13)18-9-11(8-16-18)19(20)21/h8-10,12H,1-7H2.